The molecule has 0 amide bonds. The summed E-state index contributed by atoms with van der Waals surface area (Å²) in [5.41, 5.74) is 0.828. The molecule has 6 nitrogen and oxygen atoms in total. The molecular weight excluding hydrogens is 226 g/mol. The number of aldehydes is 1. The van der Waals surface area contributed by atoms with Crippen LogP contribution in [0.4, 0.5) is 0 Å². The minimum Gasteiger partial charge on any atom is -0.508 e. The zero-order valence-corrected chi connectivity index (χ0v) is 8.45. The largest absolute Gasteiger partial charge is 0.508 e. The van der Waals surface area contributed by atoms with Crippen molar-refractivity contribution in [1.29, 1.82) is 0 Å². The van der Waals surface area contributed by atoms with Crippen LogP contribution in [0.1, 0.15) is 20.9 Å². The van der Waals surface area contributed by atoms with Gasteiger partial charge >= 0.3 is 5.97 Å². The number of carbonyl (C=O) groups is 2. The van der Waals surface area contributed by atoms with E-state index < -0.39 is 5.97 Å². The summed E-state index contributed by atoms with van der Waals surface area (Å²) in [4.78, 5) is 21.4. The lowest BCUT2D eigenvalue weighted by Crippen LogP contribution is -1.92. The molecule has 0 saturated heterocycles. The van der Waals surface area contributed by atoms with Crippen molar-refractivity contribution in [3.8, 4) is 17.0 Å². The van der Waals surface area contributed by atoms with Gasteiger partial charge in [0.25, 0.3) is 0 Å². The van der Waals surface area contributed by atoms with Crippen molar-refractivity contribution in [2.24, 2.45) is 0 Å². The Morgan fingerprint density at radius 2 is 2.12 bits per heavy atom. The van der Waals surface area contributed by atoms with Gasteiger partial charge in [-0.3, -0.25) is 4.79 Å². The molecule has 0 bridgehead atoms. The van der Waals surface area contributed by atoms with Crippen molar-refractivity contribution in [3.05, 3.63) is 35.6 Å². The molecule has 0 saturated carbocycles. The van der Waals surface area contributed by atoms with Gasteiger partial charge in [-0.2, -0.15) is 0 Å². The van der Waals surface area contributed by atoms with Crippen LogP contribution in [0, 0.1) is 0 Å². The number of carboxylic acids is 1. The number of hydrogen-bond acceptors (Lipinski definition) is 5. The number of aromatic nitrogens is 1. The average molecular weight is 233 g/mol. The zero-order valence-electron chi connectivity index (χ0n) is 8.45. The lowest BCUT2D eigenvalue weighted by atomic mass is 10.1. The fraction of sp³-hybridized carbons (Fsp3) is 0. The van der Waals surface area contributed by atoms with Gasteiger partial charge in [0, 0.05) is 17.2 Å². The van der Waals surface area contributed by atoms with E-state index in [1.165, 1.54) is 24.3 Å². The summed E-state index contributed by atoms with van der Waals surface area (Å²) in [5, 5.41) is 21.4. The van der Waals surface area contributed by atoms with Gasteiger partial charge in [0.2, 0.25) is 5.76 Å². The number of carboxylic acid groups (broad SMARTS) is 1. The molecule has 0 aliphatic rings. The zero-order chi connectivity index (χ0) is 12.4. The summed E-state index contributed by atoms with van der Waals surface area (Å²) in [6, 6.07) is 5.30. The van der Waals surface area contributed by atoms with Crippen LogP contribution in [0.25, 0.3) is 11.3 Å². The van der Waals surface area contributed by atoms with Gasteiger partial charge < -0.3 is 14.7 Å². The van der Waals surface area contributed by atoms with Gasteiger partial charge in [0.15, 0.2) is 6.29 Å². The average Bonchev–Trinajstić information content (AvgIpc) is 2.78. The molecule has 0 atom stereocenters. The monoisotopic (exact) mass is 233 g/mol. The van der Waals surface area contributed by atoms with E-state index >= 15 is 0 Å². The lowest BCUT2D eigenvalue weighted by Gasteiger charge is -2.00. The number of phenols is 1. The molecule has 17 heavy (non-hydrogen) atoms. The molecule has 0 spiro atoms. The first-order chi connectivity index (χ1) is 8.11. The Morgan fingerprint density at radius 1 is 1.35 bits per heavy atom. The highest BCUT2D eigenvalue weighted by Crippen LogP contribution is 2.25. The third-order valence-electron chi connectivity index (χ3n) is 2.16. The van der Waals surface area contributed by atoms with Crippen molar-refractivity contribution in [3.63, 3.8) is 0 Å². The SMILES string of the molecule is O=Cc1cc(O)ccc1-c1cc(C(=O)O)on1. The molecule has 1 aromatic heterocycles. The van der Waals surface area contributed by atoms with Crippen LogP contribution in [0.15, 0.2) is 28.8 Å². The van der Waals surface area contributed by atoms with Crippen LogP contribution in [0.3, 0.4) is 0 Å². The van der Waals surface area contributed by atoms with E-state index in [1.807, 2.05) is 0 Å². The molecule has 0 aliphatic carbocycles. The van der Waals surface area contributed by atoms with Gasteiger partial charge in [0.05, 0.1) is 0 Å². The number of rotatable bonds is 3. The first-order valence-corrected chi connectivity index (χ1v) is 4.60. The number of aromatic carboxylic acids is 1. The fourth-order valence-electron chi connectivity index (χ4n) is 1.38. The van der Waals surface area contributed by atoms with Gasteiger partial charge in [-0.05, 0) is 18.2 Å². The fourth-order valence-corrected chi connectivity index (χ4v) is 1.38. The summed E-state index contributed by atoms with van der Waals surface area (Å²) >= 11 is 0. The van der Waals surface area contributed by atoms with Crippen molar-refractivity contribution in [1.82, 2.24) is 5.16 Å². The molecule has 0 aliphatic heterocycles. The maximum atomic E-state index is 10.8. The summed E-state index contributed by atoms with van der Waals surface area (Å²) in [6.45, 7) is 0. The van der Waals surface area contributed by atoms with Crippen molar-refractivity contribution in [2.75, 3.05) is 0 Å². The molecule has 2 aromatic rings. The van der Waals surface area contributed by atoms with Crippen LogP contribution in [-0.2, 0) is 0 Å². The topological polar surface area (TPSA) is 101 Å². The molecule has 6 heteroatoms. The lowest BCUT2D eigenvalue weighted by molar-refractivity contribution is 0.0652. The van der Waals surface area contributed by atoms with Gasteiger partial charge in [-0.25, -0.2) is 4.79 Å². The second kappa shape index (κ2) is 4.09. The molecule has 86 valence electrons. The minimum atomic E-state index is -1.24. The van der Waals surface area contributed by atoms with Crippen LogP contribution >= 0.6 is 0 Å². The molecule has 0 radical (unpaired) electrons. The summed E-state index contributed by atoms with van der Waals surface area (Å²) in [5.74, 6) is -1.61. The third kappa shape index (κ3) is 2.00. The quantitative estimate of drug-likeness (QED) is 0.780. The number of benzene rings is 1. The van der Waals surface area contributed by atoms with Gasteiger partial charge in [-0.15, -0.1) is 0 Å². The number of carbonyl (C=O) groups excluding carboxylic acids is 1. The molecule has 2 N–H and O–H groups in total. The summed E-state index contributed by atoms with van der Waals surface area (Å²) in [7, 11) is 0. The maximum absolute atomic E-state index is 10.8. The highest BCUT2D eigenvalue weighted by Gasteiger charge is 2.14. The van der Waals surface area contributed by atoms with E-state index in [1.54, 1.807) is 0 Å². The Bertz CT molecular complexity index is 587. The predicted octanol–water partition coefficient (Wildman–Crippen LogP) is 1.56. The van der Waals surface area contributed by atoms with Crippen molar-refractivity contribution < 1.29 is 24.3 Å². The Labute approximate surface area is 95.1 Å². The number of phenolic OH excluding ortho intramolecular Hbond substituents is 1. The maximum Gasteiger partial charge on any atom is 0.374 e. The molecular formula is C11H7NO5. The van der Waals surface area contributed by atoms with Crippen molar-refractivity contribution >= 4 is 12.3 Å². The van der Waals surface area contributed by atoms with Crippen LogP contribution < -0.4 is 0 Å². The summed E-state index contributed by atoms with van der Waals surface area (Å²) < 4.78 is 4.58. The molecule has 1 aromatic carbocycles. The van der Waals surface area contributed by atoms with Crippen LogP contribution in [-0.4, -0.2) is 27.6 Å². The van der Waals surface area contributed by atoms with Gasteiger partial charge in [-0.1, -0.05) is 5.16 Å². The smallest absolute Gasteiger partial charge is 0.374 e. The van der Waals surface area contributed by atoms with Crippen LogP contribution in [0.5, 0.6) is 5.75 Å². The Balaban J connectivity index is 2.52. The van der Waals surface area contributed by atoms with E-state index in [-0.39, 0.29) is 22.8 Å². The first kappa shape index (κ1) is 10.9. The second-order valence-corrected chi connectivity index (χ2v) is 3.27. The van der Waals surface area contributed by atoms with Crippen LogP contribution in [0.2, 0.25) is 0 Å². The number of hydrogen-bond donors (Lipinski definition) is 2. The van der Waals surface area contributed by atoms with Crippen molar-refractivity contribution in [2.45, 2.75) is 0 Å². The third-order valence-corrected chi connectivity index (χ3v) is 2.16. The Morgan fingerprint density at radius 3 is 2.71 bits per heavy atom. The minimum absolute atomic E-state index is 0.0576. The highest BCUT2D eigenvalue weighted by molar-refractivity contribution is 5.90. The first-order valence-electron chi connectivity index (χ1n) is 4.60. The molecule has 1 heterocycles. The second-order valence-electron chi connectivity index (χ2n) is 3.27. The Kier molecular flexibility index (Phi) is 2.61. The standard InChI is InChI=1S/C11H7NO5/c13-5-6-3-7(14)1-2-8(6)9-4-10(11(15)16)17-12-9/h1-5,14H,(H,15,16). The number of aromatic hydroxyl groups is 1. The summed E-state index contributed by atoms with van der Waals surface area (Å²) in [6.07, 6.45) is 0.546. The normalized spacial score (nSPS) is 10.1. The van der Waals surface area contributed by atoms with E-state index in [9.17, 15) is 14.7 Å². The highest BCUT2D eigenvalue weighted by atomic mass is 16.5. The number of nitrogens with zero attached hydrogens (tertiary/aromatic N) is 1. The molecule has 0 fully saturated rings. The van der Waals surface area contributed by atoms with E-state index in [0.29, 0.717) is 11.8 Å². The van der Waals surface area contributed by atoms with E-state index in [0.717, 1.165) is 0 Å². The molecule has 2 rings (SSSR count). The predicted molar refractivity (Wildman–Crippen MR) is 56.0 cm³/mol. The van der Waals surface area contributed by atoms with E-state index in [4.69, 9.17) is 5.11 Å². The van der Waals surface area contributed by atoms with Gasteiger partial charge in [0.1, 0.15) is 11.4 Å². The van der Waals surface area contributed by atoms with E-state index in [2.05, 4.69) is 9.68 Å². The molecule has 0 unspecified atom stereocenters. The Hall–Kier alpha value is -2.63.